The molecule has 3 heteroatoms. The Kier molecular flexibility index (Phi) is 6.13. The largest absolute Gasteiger partial charge is 0.353 e. The van der Waals surface area contributed by atoms with Crippen LogP contribution in [0.15, 0.2) is 0 Å². The molecule has 106 valence electrons. The highest BCUT2D eigenvalue weighted by atomic mass is 16.2. The van der Waals surface area contributed by atoms with Gasteiger partial charge >= 0.3 is 0 Å². The Hall–Kier alpha value is -0.570. The number of hydrogen-bond donors (Lipinski definition) is 2. The Morgan fingerprint density at radius 2 is 1.89 bits per heavy atom. The molecule has 0 aliphatic carbocycles. The lowest BCUT2D eigenvalue weighted by molar-refractivity contribution is -0.134. The van der Waals surface area contributed by atoms with Gasteiger partial charge in [0.15, 0.2) is 0 Å². The zero-order chi connectivity index (χ0) is 13.6. The average molecular weight is 254 g/mol. The van der Waals surface area contributed by atoms with Gasteiger partial charge in [0.1, 0.15) is 0 Å². The van der Waals surface area contributed by atoms with Gasteiger partial charge in [0.05, 0.1) is 5.41 Å². The van der Waals surface area contributed by atoms with Crippen LogP contribution >= 0.6 is 0 Å². The van der Waals surface area contributed by atoms with Crippen LogP contribution in [0, 0.1) is 11.3 Å². The fourth-order valence-electron chi connectivity index (χ4n) is 2.83. The fraction of sp³-hybridized carbons (Fsp3) is 0.933. The summed E-state index contributed by atoms with van der Waals surface area (Å²) in [6.45, 7) is 10.7. The van der Waals surface area contributed by atoms with Crippen LogP contribution in [0.25, 0.3) is 0 Å². The quantitative estimate of drug-likeness (QED) is 0.765. The molecule has 2 unspecified atom stereocenters. The van der Waals surface area contributed by atoms with E-state index < -0.39 is 0 Å². The van der Waals surface area contributed by atoms with Crippen LogP contribution in [0.1, 0.15) is 59.8 Å². The predicted molar refractivity (Wildman–Crippen MR) is 76.5 cm³/mol. The van der Waals surface area contributed by atoms with Crippen molar-refractivity contribution < 1.29 is 4.79 Å². The monoisotopic (exact) mass is 254 g/mol. The van der Waals surface area contributed by atoms with E-state index in [-0.39, 0.29) is 11.5 Å². The van der Waals surface area contributed by atoms with E-state index in [1.165, 1.54) is 0 Å². The molecule has 0 saturated carbocycles. The first-order valence-electron chi connectivity index (χ1n) is 7.57. The summed E-state index contributed by atoms with van der Waals surface area (Å²) < 4.78 is 0. The van der Waals surface area contributed by atoms with Crippen LogP contribution in [0.3, 0.4) is 0 Å². The maximum absolute atomic E-state index is 12.6. The number of carbonyl (C=O) groups is 1. The molecule has 1 aliphatic heterocycles. The van der Waals surface area contributed by atoms with Gasteiger partial charge < -0.3 is 10.6 Å². The number of rotatable bonds is 6. The van der Waals surface area contributed by atoms with E-state index in [1.54, 1.807) is 0 Å². The van der Waals surface area contributed by atoms with Gasteiger partial charge in [0, 0.05) is 6.04 Å². The number of hydrogen-bond acceptors (Lipinski definition) is 2. The van der Waals surface area contributed by atoms with Crippen LogP contribution in [0.5, 0.6) is 0 Å². The topological polar surface area (TPSA) is 41.1 Å². The van der Waals surface area contributed by atoms with Crippen molar-refractivity contribution in [3.05, 3.63) is 0 Å². The van der Waals surface area contributed by atoms with E-state index in [9.17, 15) is 4.79 Å². The molecule has 0 aromatic heterocycles. The van der Waals surface area contributed by atoms with Crippen molar-refractivity contribution in [2.45, 2.75) is 65.8 Å². The van der Waals surface area contributed by atoms with Gasteiger partial charge in [0.2, 0.25) is 5.91 Å². The molecule has 1 heterocycles. The molecule has 1 rings (SSSR count). The molecule has 1 saturated heterocycles. The molecule has 18 heavy (non-hydrogen) atoms. The third-order valence-electron chi connectivity index (χ3n) is 4.63. The maximum Gasteiger partial charge on any atom is 0.226 e. The zero-order valence-electron chi connectivity index (χ0n) is 12.5. The van der Waals surface area contributed by atoms with E-state index in [2.05, 4.69) is 38.3 Å². The summed E-state index contributed by atoms with van der Waals surface area (Å²) in [6.07, 6.45) is 5.20. The highest BCUT2D eigenvalue weighted by Gasteiger charge is 2.39. The van der Waals surface area contributed by atoms with E-state index in [0.717, 1.165) is 45.2 Å². The smallest absolute Gasteiger partial charge is 0.226 e. The van der Waals surface area contributed by atoms with Crippen LogP contribution in [0.4, 0.5) is 0 Å². The van der Waals surface area contributed by atoms with E-state index in [4.69, 9.17) is 0 Å². The average Bonchev–Trinajstić information content (AvgIpc) is 2.39. The minimum Gasteiger partial charge on any atom is -0.353 e. The van der Waals surface area contributed by atoms with Gasteiger partial charge in [-0.2, -0.15) is 0 Å². The minimum absolute atomic E-state index is 0.109. The highest BCUT2D eigenvalue weighted by Crippen LogP contribution is 2.34. The molecule has 0 spiro atoms. The Morgan fingerprint density at radius 1 is 1.28 bits per heavy atom. The van der Waals surface area contributed by atoms with Crippen molar-refractivity contribution >= 4 is 5.91 Å². The lowest BCUT2D eigenvalue weighted by Crippen LogP contribution is -2.50. The Bertz CT molecular complexity index is 254. The molecular weight excluding hydrogens is 224 g/mol. The normalized spacial score (nSPS) is 22.2. The number of amides is 1. The van der Waals surface area contributed by atoms with Crippen LogP contribution in [-0.4, -0.2) is 25.0 Å². The third-order valence-corrected chi connectivity index (χ3v) is 4.63. The number of nitrogens with one attached hydrogen (secondary N) is 2. The molecule has 2 atom stereocenters. The van der Waals surface area contributed by atoms with E-state index in [0.29, 0.717) is 11.8 Å². The van der Waals surface area contributed by atoms with Crippen molar-refractivity contribution in [3.8, 4) is 0 Å². The summed E-state index contributed by atoms with van der Waals surface area (Å²) in [4.78, 5) is 12.6. The first-order chi connectivity index (χ1) is 8.55. The summed E-state index contributed by atoms with van der Waals surface area (Å²) in [5, 5.41) is 6.62. The molecular formula is C15H30N2O. The predicted octanol–water partition coefficient (Wildman–Crippen LogP) is 2.71. The molecule has 0 radical (unpaired) electrons. The molecule has 1 aliphatic rings. The Morgan fingerprint density at radius 3 is 2.39 bits per heavy atom. The molecule has 3 nitrogen and oxygen atoms in total. The lowest BCUT2D eigenvalue weighted by atomic mass is 9.74. The third kappa shape index (κ3) is 3.71. The Balaban J connectivity index is 2.65. The van der Waals surface area contributed by atoms with Crippen LogP contribution in [0.2, 0.25) is 0 Å². The van der Waals surface area contributed by atoms with Crippen molar-refractivity contribution in [2.24, 2.45) is 11.3 Å². The fourth-order valence-corrected chi connectivity index (χ4v) is 2.83. The van der Waals surface area contributed by atoms with Gasteiger partial charge in [-0.3, -0.25) is 4.79 Å². The SMILES string of the molecule is CCCC1(C(=O)NC(C)C(C)CC)CCNCC1. The molecule has 2 N–H and O–H groups in total. The molecule has 0 bridgehead atoms. The van der Waals surface area contributed by atoms with Gasteiger partial charge in [-0.25, -0.2) is 0 Å². The molecule has 1 amide bonds. The first kappa shape index (κ1) is 15.5. The van der Waals surface area contributed by atoms with Gasteiger partial charge in [-0.1, -0.05) is 33.6 Å². The van der Waals surface area contributed by atoms with Gasteiger partial charge in [0.25, 0.3) is 0 Å². The Labute approximate surface area is 112 Å². The van der Waals surface area contributed by atoms with Crippen molar-refractivity contribution in [1.29, 1.82) is 0 Å². The summed E-state index contributed by atoms with van der Waals surface area (Å²) in [7, 11) is 0. The number of piperidine rings is 1. The molecule has 0 aromatic rings. The van der Waals surface area contributed by atoms with Crippen molar-refractivity contribution in [3.63, 3.8) is 0 Å². The van der Waals surface area contributed by atoms with E-state index >= 15 is 0 Å². The second kappa shape index (κ2) is 7.13. The lowest BCUT2D eigenvalue weighted by Gasteiger charge is -2.37. The maximum atomic E-state index is 12.6. The summed E-state index contributed by atoms with van der Waals surface area (Å²) >= 11 is 0. The second-order valence-electron chi connectivity index (χ2n) is 5.93. The van der Waals surface area contributed by atoms with E-state index in [1.807, 2.05) is 0 Å². The van der Waals surface area contributed by atoms with Gasteiger partial charge in [-0.05, 0) is 45.2 Å². The highest BCUT2D eigenvalue weighted by molar-refractivity contribution is 5.83. The van der Waals surface area contributed by atoms with Crippen LogP contribution in [-0.2, 0) is 4.79 Å². The van der Waals surface area contributed by atoms with Crippen molar-refractivity contribution in [2.75, 3.05) is 13.1 Å². The number of carbonyl (C=O) groups excluding carboxylic acids is 1. The summed E-state index contributed by atoms with van der Waals surface area (Å²) in [5.41, 5.74) is -0.109. The second-order valence-corrected chi connectivity index (χ2v) is 5.93. The molecule has 0 aromatic carbocycles. The minimum atomic E-state index is -0.109. The molecule has 1 fully saturated rings. The zero-order valence-corrected chi connectivity index (χ0v) is 12.5. The van der Waals surface area contributed by atoms with Crippen molar-refractivity contribution in [1.82, 2.24) is 10.6 Å². The first-order valence-corrected chi connectivity index (χ1v) is 7.57. The van der Waals surface area contributed by atoms with Crippen LogP contribution < -0.4 is 10.6 Å². The summed E-state index contributed by atoms with van der Waals surface area (Å²) in [5.74, 6) is 0.841. The van der Waals surface area contributed by atoms with Gasteiger partial charge in [-0.15, -0.1) is 0 Å². The summed E-state index contributed by atoms with van der Waals surface area (Å²) in [6, 6.07) is 0.283. The standard InChI is InChI=1S/C15H30N2O/c1-5-7-15(8-10-16-11-9-15)14(18)17-13(4)12(3)6-2/h12-13,16H,5-11H2,1-4H3,(H,17,18).